The molecule has 0 radical (unpaired) electrons. The molecule has 0 aliphatic heterocycles. The fourth-order valence-electron chi connectivity index (χ4n) is 12.1. The van der Waals surface area contributed by atoms with Gasteiger partial charge in [0.2, 0.25) is 0 Å². The minimum atomic E-state index is -0.123. The van der Waals surface area contributed by atoms with Crippen molar-refractivity contribution in [3.8, 4) is 83.8 Å². The third-order valence-electron chi connectivity index (χ3n) is 15.6. The Bertz CT molecular complexity index is 3600. The molecule has 0 N–H and O–H groups in total. The van der Waals surface area contributed by atoms with E-state index in [1.807, 2.05) is 0 Å². The summed E-state index contributed by atoms with van der Waals surface area (Å²) in [7, 11) is 0. The molecule has 2 aliphatic rings. The number of para-hydroxylation sites is 1. The van der Waals surface area contributed by atoms with Gasteiger partial charge in [-0.15, -0.1) is 0 Å². The minimum Gasteiger partial charge on any atom is -0.310 e. The maximum absolute atomic E-state index is 2.48. The van der Waals surface area contributed by atoms with Crippen molar-refractivity contribution in [2.75, 3.05) is 4.90 Å². The van der Waals surface area contributed by atoms with E-state index in [0.29, 0.717) is 0 Å². The minimum absolute atomic E-state index is 0.123. The lowest BCUT2D eigenvalue weighted by atomic mass is 9.82. The normalized spacial score (nSPS) is 13.5. The van der Waals surface area contributed by atoms with E-state index in [2.05, 4.69) is 292 Å². The second kappa shape index (κ2) is 17.0. The van der Waals surface area contributed by atoms with Gasteiger partial charge in [0.1, 0.15) is 0 Å². The van der Waals surface area contributed by atoms with Crippen LogP contribution < -0.4 is 4.90 Å². The van der Waals surface area contributed by atoms with Crippen LogP contribution in [0.4, 0.5) is 17.1 Å². The van der Waals surface area contributed by atoms with Crippen molar-refractivity contribution >= 4 is 17.1 Å². The highest BCUT2D eigenvalue weighted by molar-refractivity contribution is 6.03. The Morgan fingerprint density at radius 2 is 0.611 bits per heavy atom. The molecular weight excluding hydrogens is 869 g/mol. The molecule has 0 atom stereocenters. The molecule has 1 aromatic heterocycles. The van der Waals surface area contributed by atoms with Gasteiger partial charge in [0.05, 0.1) is 11.4 Å². The van der Waals surface area contributed by atoms with Gasteiger partial charge in [0.15, 0.2) is 0 Å². The lowest BCUT2D eigenvalue weighted by Crippen LogP contribution is -2.18. The Kier molecular flexibility index (Phi) is 10.2. The van der Waals surface area contributed by atoms with Crippen LogP contribution >= 0.6 is 0 Å². The SMILES string of the molecule is CC1(C)c2ccccc2-c2ccc(N(c3ccc(-c4ccc(-c5c(-c6ccccc6)c(-c6ccccc6)c(-c6ccccc6)n5-c5ccccc5)cc4)cc3)c3ccc4c(c3)C(C)(C)c3ccccc3-4)cc21. The zero-order valence-electron chi connectivity index (χ0n) is 41.1. The van der Waals surface area contributed by atoms with Gasteiger partial charge in [-0.1, -0.05) is 234 Å². The Morgan fingerprint density at radius 1 is 0.278 bits per heavy atom. The lowest BCUT2D eigenvalue weighted by Gasteiger charge is -2.30. The molecular formula is C70H54N2. The fraction of sp³-hybridized carbons (Fsp3) is 0.0857. The van der Waals surface area contributed by atoms with Crippen LogP contribution in [0.15, 0.2) is 255 Å². The summed E-state index contributed by atoms with van der Waals surface area (Å²) in [6.45, 7) is 9.47. The van der Waals surface area contributed by atoms with Gasteiger partial charge in [-0.05, 0) is 126 Å². The molecule has 0 saturated heterocycles. The first-order chi connectivity index (χ1) is 35.3. The Hall–Kier alpha value is -8.72. The highest BCUT2D eigenvalue weighted by Crippen LogP contribution is 2.54. The van der Waals surface area contributed by atoms with Gasteiger partial charge in [0.25, 0.3) is 0 Å². The van der Waals surface area contributed by atoms with E-state index in [0.717, 1.165) is 50.7 Å². The second-order valence-electron chi connectivity index (χ2n) is 20.5. The van der Waals surface area contributed by atoms with E-state index in [4.69, 9.17) is 0 Å². The Labute approximate surface area is 423 Å². The number of aromatic nitrogens is 1. The van der Waals surface area contributed by atoms with Crippen LogP contribution in [0, 0.1) is 0 Å². The molecule has 2 heteroatoms. The van der Waals surface area contributed by atoms with E-state index in [1.54, 1.807) is 0 Å². The van der Waals surface area contributed by atoms with Crippen LogP contribution in [0.2, 0.25) is 0 Å². The first-order valence-corrected chi connectivity index (χ1v) is 25.3. The molecule has 2 aliphatic carbocycles. The van der Waals surface area contributed by atoms with Crippen LogP contribution in [-0.4, -0.2) is 4.57 Å². The summed E-state index contributed by atoms with van der Waals surface area (Å²) in [5, 5.41) is 0. The van der Waals surface area contributed by atoms with Gasteiger partial charge in [-0.2, -0.15) is 0 Å². The number of rotatable bonds is 9. The smallest absolute Gasteiger partial charge is 0.0619 e. The van der Waals surface area contributed by atoms with E-state index < -0.39 is 0 Å². The van der Waals surface area contributed by atoms with Crippen molar-refractivity contribution in [3.05, 3.63) is 277 Å². The number of hydrogen-bond acceptors (Lipinski definition) is 1. The van der Waals surface area contributed by atoms with Gasteiger partial charge in [-0.25, -0.2) is 0 Å². The van der Waals surface area contributed by atoms with Crippen molar-refractivity contribution in [3.63, 3.8) is 0 Å². The molecule has 0 unspecified atom stereocenters. The number of nitrogens with zero attached hydrogens (tertiary/aromatic N) is 2. The van der Waals surface area contributed by atoms with E-state index in [-0.39, 0.29) is 10.8 Å². The maximum Gasteiger partial charge on any atom is 0.0619 e. The first-order valence-electron chi connectivity index (χ1n) is 25.3. The molecule has 0 fully saturated rings. The zero-order valence-corrected chi connectivity index (χ0v) is 41.1. The third kappa shape index (κ3) is 6.93. The molecule has 344 valence electrons. The molecule has 0 saturated carbocycles. The number of benzene rings is 10. The number of fused-ring (bicyclic) bond motifs is 6. The molecule has 1 heterocycles. The maximum atomic E-state index is 2.48. The first kappa shape index (κ1) is 43.3. The largest absolute Gasteiger partial charge is 0.310 e. The molecule has 2 nitrogen and oxygen atoms in total. The van der Waals surface area contributed by atoms with Crippen molar-refractivity contribution < 1.29 is 0 Å². The van der Waals surface area contributed by atoms with Gasteiger partial charge in [-0.3, -0.25) is 0 Å². The summed E-state index contributed by atoms with van der Waals surface area (Å²) < 4.78 is 2.48. The van der Waals surface area contributed by atoms with Crippen molar-refractivity contribution in [1.29, 1.82) is 0 Å². The monoisotopic (exact) mass is 922 g/mol. The quantitative estimate of drug-likeness (QED) is 0.140. The second-order valence-corrected chi connectivity index (χ2v) is 20.5. The van der Waals surface area contributed by atoms with E-state index in [9.17, 15) is 0 Å². The number of anilines is 3. The molecule has 0 spiro atoms. The molecule has 13 rings (SSSR count). The molecule has 11 aromatic rings. The summed E-state index contributed by atoms with van der Waals surface area (Å²) in [6.07, 6.45) is 0. The van der Waals surface area contributed by atoms with Gasteiger partial charge < -0.3 is 9.47 Å². The molecule has 72 heavy (non-hydrogen) atoms. The fourth-order valence-corrected chi connectivity index (χ4v) is 12.1. The van der Waals surface area contributed by atoms with E-state index in [1.165, 1.54) is 72.5 Å². The summed E-state index contributed by atoms with van der Waals surface area (Å²) in [4.78, 5) is 2.46. The summed E-state index contributed by atoms with van der Waals surface area (Å²) in [5.74, 6) is 0. The van der Waals surface area contributed by atoms with Crippen LogP contribution in [-0.2, 0) is 10.8 Å². The molecule has 0 bridgehead atoms. The topological polar surface area (TPSA) is 8.17 Å². The van der Waals surface area contributed by atoms with Gasteiger partial charge >= 0.3 is 0 Å². The average Bonchev–Trinajstić information content (AvgIpc) is 4.00. The zero-order chi connectivity index (χ0) is 48.6. The van der Waals surface area contributed by atoms with Crippen molar-refractivity contribution in [2.45, 2.75) is 38.5 Å². The van der Waals surface area contributed by atoms with Crippen molar-refractivity contribution in [2.24, 2.45) is 0 Å². The van der Waals surface area contributed by atoms with E-state index >= 15 is 0 Å². The highest BCUT2D eigenvalue weighted by atomic mass is 15.1. The van der Waals surface area contributed by atoms with Gasteiger partial charge in [0, 0.05) is 44.7 Å². The molecule has 0 amide bonds. The Morgan fingerprint density at radius 3 is 1.07 bits per heavy atom. The predicted octanol–water partition coefficient (Wildman–Crippen LogP) is 18.9. The summed E-state index contributed by atoms with van der Waals surface area (Å²) >= 11 is 0. The van der Waals surface area contributed by atoms with Crippen LogP contribution in [0.3, 0.4) is 0 Å². The predicted molar refractivity (Wildman–Crippen MR) is 303 cm³/mol. The van der Waals surface area contributed by atoms with Crippen LogP contribution in [0.25, 0.3) is 83.8 Å². The molecule has 10 aromatic carbocycles. The third-order valence-corrected chi connectivity index (χ3v) is 15.6. The standard InChI is InChI=1S/C70H54N2/c1-69(2)61-31-19-17-29-57(61)59-43-41-55(45-63(59)69)71(56-42-44-60-58-30-18-20-32-62(58)70(3,4)64(60)46-56)54-39-37-48(38-40-54)47-33-35-52(36-34-47)68-66(50-23-11-6-12-24-50)65(49-21-9-5-10-22-49)67(51-25-13-7-14-26-51)72(68)53-27-15-8-16-28-53/h5-46H,1-4H3. The van der Waals surface area contributed by atoms with Crippen LogP contribution in [0.1, 0.15) is 49.9 Å². The van der Waals surface area contributed by atoms with Crippen molar-refractivity contribution in [1.82, 2.24) is 4.57 Å². The summed E-state index contributed by atoms with van der Waals surface area (Å²) in [5.41, 5.74) is 26.8. The van der Waals surface area contributed by atoms with Crippen LogP contribution in [0.5, 0.6) is 0 Å². The number of hydrogen-bond donors (Lipinski definition) is 0. The highest BCUT2D eigenvalue weighted by Gasteiger charge is 2.38. The average molecular weight is 923 g/mol. The Balaban J connectivity index is 0.938. The lowest BCUT2D eigenvalue weighted by molar-refractivity contribution is 0.660. The summed E-state index contributed by atoms with van der Waals surface area (Å²) in [6, 6.07) is 93.9.